The van der Waals surface area contributed by atoms with Crippen LogP contribution in [0.2, 0.25) is 0 Å². The van der Waals surface area contributed by atoms with Gasteiger partial charge in [-0.05, 0) is 59.4 Å². The molecule has 0 radical (unpaired) electrons. The molecule has 0 fully saturated rings. The van der Waals surface area contributed by atoms with Gasteiger partial charge in [-0.1, -0.05) is 105 Å². The molecule has 0 aliphatic carbocycles. The van der Waals surface area contributed by atoms with Gasteiger partial charge in [-0.25, -0.2) is 4.79 Å². The van der Waals surface area contributed by atoms with E-state index < -0.39 is 5.97 Å². The lowest BCUT2D eigenvalue weighted by molar-refractivity contribution is 0.0736. The van der Waals surface area contributed by atoms with Crippen LogP contribution in [0.3, 0.4) is 0 Å². The molecule has 0 atom stereocenters. The first-order chi connectivity index (χ1) is 17.7. The van der Waals surface area contributed by atoms with E-state index in [4.69, 9.17) is 4.74 Å². The Bertz CT molecular complexity index is 1340. The molecule has 0 unspecified atom stereocenters. The van der Waals surface area contributed by atoms with Crippen LogP contribution in [-0.2, 0) is 6.42 Å². The van der Waals surface area contributed by atoms with E-state index in [0.717, 1.165) is 40.7 Å². The van der Waals surface area contributed by atoms with E-state index >= 15 is 0 Å². The van der Waals surface area contributed by atoms with Gasteiger partial charge >= 0.3 is 5.97 Å². The fraction of sp³-hybridized carbons (Fsp3) is 0.212. The maximum atomic E-state index is 13.7. The third-order valence-electron chi connectivity index (χ3n) is 6.36. The third-order valence-corrected chi connectivity index (χ3v) is 6.36. The molecule has 0 amide bonds. The lowest BCUT2D eigenvalue weighted by Crippen LogP contribution is -2.11. The van der Waals surface area contributed by atoms with Gasteiger partial charge in [-0.15, -0.1) is 0 Å². The SMILES string of the molecule is CCCCCCCc1ccc(-c2ccccc2)c(C(=O)Oc2cc(C#N)ccc2-c2ccccc2)c1. The number of rotatable bonds is 10. The third kappa shape index (κ3) is 6.29. The van der Waals surface area contributed by atoms with Crippen molar-refractivity contribution < 1.29 is 9.53 Å². The molecular weight excluding hydrogens is 442 g/mol. The van der Waals surface area contributed by atoms with Gasteiger partial charge < -0.3 is 4.74 Å². The quantitative estimate of drug-likeness (QED) is 0.132. The minimum Gasteiger partial charge on any atom is -0.422 e. The number of unbranched alkanes of at least 4 members (excludes halogenated alkanes) is 4. The molecule has 0 aliphatic rings. The summed E-state index contributed by atoms with van der Waals surface area (Å²) < 4.78 is 6.01. The molecule has 0 aliphatic heterocycles. The van der Waals surface area contributed by atoms with E-state index in [-0.39, 0.29) is 0 Å². The highest BCUT2D eigenvalue weighted by atomic mass is 16.5. The van der Waals surface area contributed by atoms with Gasteiger partial charge in [0.15, 0.2) is 0 Å². The zero-order valence-electron chi connectivity index (χ0n) is 20.7. The van der Waals surface area contributed by atoms with Crippen molar-refractivity contribution in [2.45, 2.75) is 45.4 Å². The van der Waals surface area contributed by atoms with Crippen molar-refractivity contribution in [3.8, 4) is 34.1 Å². The van der Waals surface area contributed by atoms with Crippen LogP contribution < -0.4 is 4.74 Å². The number of nitriles is 1. The van der Waals surface area contributed by atoms with Crippen LogP contribution in [0.5, 0.6) is 5.75 Å². The molecule has 3 heteroatoms. The number of aryl methyl sites for hydroxylation is 1. The molecular formula is C33H31NO2. The van der Waals surface area contributed by atoms with E-state index in [1.807, 2.05) is 78.9 Å². The highest BCUT2D eigenvalue weighted by Gasteiger charge is 2.19. The second-order valence-corrected chi connectivity index (χ2v) is 8.99. The van der Waals surface area contributed by atoms with Crippen molar-refractivity contribution >= 4 is 5.97 Å². The molecule has 4 aromatic carbocycles. The summed E-state index contributed by atoms with van der Waals surface area (Å²) in [6.45, 7) is 2.22. The van der Waals surface area contributed by atoms with Gasteiger partial charge in [0, 0.05) is 5.56 Å². The van der Waals surface area contributed by atoms with Crippen LogP contribution in [-0.4, -0.2) is 5.97 Å². The number of nitrogens with zero attached hydrogens (tertiary/aromatic N) is 1. The second kappa shape index (κ2) is 12.5. The lowest BCUT2D eigenvalue weighted by Gasteiger charge is -2.14. The molecule has 180 valence electrons. The van der Waals surface area contributed by atoms with Crippen LogP contribution in [0.15, 0.2) is 97.1 Å². The van der Waals surface area contributed by atoms with E-state index in [1.165, 1.54) is 25.7 Å². The molecule has 0 spiro atoms. The molecule has 0 saturated heterocycles. The number of hydrogen-bond acceptors (Lipinski definition) is 3. The Morgan fingerprint density at radius 1 is 0.750 bits per heavy atom. The Kier molecular flexibility index (Phi) is 8.67. The number of benzene rings is 4. The van der Waals surface area contributed by atoms with E-state index in [1.54, 1.807) is 12.1 Å². The molecule has 4 aromatic rings. The summed E-state index contributed by atoms with van der Waals surface area (Å²) in [7, 11) is 0. The standard InChI is InChI=1S/C33H31NO2/c1-2-3-4-5-8-13-25-18-20-29(27-14-9-6-10-15-27)31(22-25)33(35)36-32-23-26(24-34)19-21-30(32)28-16-11-7-12-17-28/h6-7,9-12,14-23H,2-5,8,13H2,1H3. The van der Waals surface area contributed by atoms with Crippen LogP contribution in [0.1, 0.15) is 60.5 Å². The van der Waals surface area contributed by atoms with Crippen LogP contribution >= 0.6 is 0 Å². The number of carbonyl (C=O) groups excluding carboxylic acids is 1. The van der Waals surface area contributed by atoms with Crippen LogP contribution in [0, 0.1) is 11.3 Å². The normalized spacial score (nSPS) is 10.6. The van der Waals surface area contributed by atoms with Gasteiger partial charge in [-0.3, -0.25) is 0 Å². The van der Waals surface area contributed by atoms with Crippen LogP contribution in [0.4, 0.5) is 0 Å². The molecule has 36 heavy (non-hydrogen) atoms. The number of ether oxygens (including phenoxy) is 1. The van der Waals surface area contributed by atoms with Gasteiger partial charge in [0.25, 0.3) is 0 Å². The first kappa shape index (κ1) is 24.9. The fourth-order valence-electron chi connectivity index (χ4n) is 4.41. The Balaban J connectivity index is 1.67. The highest BCUT2D eigenvalue weighted by molar-refractivity contribution is 5.99. The molecule has 3 nitrogen and oxygen atoms in total. The lowest BCUT2D eigenvalue weighted by atomic mass is 9.95. The zero-order chi connectivity index (χ0) is 25.2. The van der Waals surface area contributed by atoms with E-state index in [9.17, 15) is 10.1 Å². The summed E-state index contributed by atoms with van der Waals surface area (Å²) in [6, 6.07) is 33.1. The summed E-state index contributed by atoms with van der Waals surface area (Å²) in [5, 5.41) is 9.45. The number of carbonyl (C=O) groups is 1. The monoisotopic (exact) mass is 473 g/mol. The van der Waals surface area contributed by atoms with Crippen molar-refractivity contribution in [3.05, 3.63) is 114 Å². The predicted octanol–water partition coefficient (Wildman–Crippen LogP) is 8.62. The fourth-order valence-corrected chi connectivity index (χ4v) is 4.41. The zero-order valence-corrected chi connectivity index (χ0v) is 20.7. The second-order valence-electron chi connectivity index (χ2n) is 8.99. The smallest absolute Gasteiger partial charge is 0.344 e. The minimum atomic E-state index is -0.422. The topological polar surface area (TPSA) is 50.1 Å². The largest absolute Gasteiger partial charge is 0.422 e. The molecule has 0 bridgehead atoms. The Morgan fingerprint density at radius 2 is 1.39 bits per heavy atom. The Labute approximate surface area is 214 Å². The van der Waals surface area contributed by atoms with Crippen molar-refractivity contribution in [2.24, 2.45) is 0 Å². The molecule has 4 rings (SSSR count). The molecule has 0 heterocycles. The van der Waals surface area contributed by atoms with Crippen molar-refractivity contribution in [2.75, 3.05) is 0 Å². The molecule has 0 N–H and O–H groups in total. The summed E-state index contributed by atoms with van der Waals surface area (Å²) in [6.07, 6.45) is 6.94. The van der Waals surface area contributed by atoms with E-state index in [2.05, 4.69) is 19.1 Å². The molecule has 0 saturated carbocycles. The maximum absolute atomic E-state index is 13.7. The van der Waals surface area contributed by atoms with Crippen molar-refractivity contribution in [3.63, 3.8) is 0 Å². The maximum Gasteiger partial charge on any atom is 0.344 e. The summed E-state index contributed by atoms with van der Waals surface area (Å²) in [4.78, 5) is 13.7. The highest BCUT2D eigenvalue weighted by Crippen LogP contribution is 2.33. The van der Waals surface area contributed by atoms with Gasteiger partial charge in [0.05, 0.1) is 17.2 Å². The Morgan fingerprint density at radius 3 is 2.06 bits per heavy atom. The number of hydrogen-bond donors (Lipinski definition) is 0. The minimum absolute atomic E-state index is 0.384. The summed E-state index contributed by atoms with van der Waals surface area (Å²) >= 11 is 0. The van der Waals surface area contributed by atoms with Gasteiger partial charge in [0.2, 0.25) is 0 Å². The van der Waals surface area contributed by atoms with Crippen molar-refractivity contribution in [1.82, 2.24) is 0 Å². The molecule has 0 aromatic heterocycles. The summed E-state index contributed by atoms with van der Waals surface area (Å²) in [5.41, 5.74) is 5.62. The average molecular weight is 474 g/mol. The predicted molar refractivity (Wildman–Crippen MR) is 146 cm³/mol. The first-order valence-corrected chi connectivity index (χ1v) is 12.7. The van der Waals surface area contributed by atoms with Crippen molar-refractivity contribution in [1.29, 1.82) is 5.26 Å². The number of esters is 1. The van der Waals surface area contributed by atoms with Crippen LogP contribution in [0.25, 0.3) is 22.3 Å². The van der Waals surface area contributed by atoms with Gasteiger partial charge in [0.1, 0.15) is 5.75 Å². The van der Waals surface area contributed by atoms with E-state index in [0.29, 0.717) is 16.9 Å². The van der Waals surface area contributed by atoms with Gasteiger partial charge in [-0.2, -0.15) is 5.26 Å². The first-order valence-electron chi connectivity index (χ1n) is 12.7. The Hall–Kier alpha value is -4.16. The summed E-state index contributed by atoms with van der Waals surface area (Å²) in [5.74, 6) is -0.0387. The average Bonchev–Trinajstić information content (AvgIpc) is 2.93.